The number of carboxylic acids is 1. The van der Waals surface area contributed by atoms with Gasteiger partial charge in [-0.25, -0.2) is 9.48 Å². The molecule has 0 radical (unpaired) electrons. The van der Waals surface area contributed by atoms with Crippen LogP contribution in [0.1, 0.15) is 35.6 Å². The van der Waals surface area contributed by atoms with Gasteiger partial charge in [-0.15, -0.1) is 5.10 Å². The van der Waals surface area contributed by atoms with E-state index in [2.05, 4.69) is 10.3 Å². The van der Waals surface area contributed by atoms with Crippen LogP contribution in [-0.4, -0.2) is 26.1 Å². The Kier molecular flexibility index (Phi) is 4.03. The highest BCUT2D eigenvalue weighted by atomic mass is 19.4. The molecule has 1 aromatic heterocycles. The van der Waals surface area contributed by atoms with E-state index in [0.717, 1.165) is 22.4 Å². The number of carbonyl (C=O) groups is 1. The number of aromatic nitrogens is 3. The van der Waals surface area contributed by atoms with Crippen LogP contribution in [0.15, 0.2) is 29.8 Å². The van der Waals surface area contributed by atoms with E-state index in [1.165, 1.54) is 18.2 Å². The Labute approximate surface area is 123 Å². The molecule has 0 atom stereocenters. The Morgan fingerprint density at radius 1 is 1.32 bits per heavy atom. The number of carboxylic acid groups (broad SMARTS) is 1. The lowest BCUT2D eigenvalue weighted by Crippen LogP contribution is -2.08. The lowest BCUT2D eigenvalue weighted by Gasteiger charge is -2.09. The highest BCUT2D eigenvalue weighted by molar-refractivity contribution is 5.89. The summed E-state index contributed by atoms with van der Waals surface area (Å²) in [6.07, 6.45) is -2.99. The van der Waals surface area contributed by atoms with Crippen molar-refractivity contribution in [2.24, 2.45) is 0 Å². The summed E-state index contributed by atoms with van der Waals surface area (Å²) in [7, 11) is 0. The smallest absolute Gasteiger partial charge is 0.416 e. The maximum atomic E-state index is 12.8. The molecule has 8 heteroatoms. The molecular formula is C14H12F3N3O2. The van der Waals surface area contributed by atoms with Crippen LogP contribution in [0, 0.1) is 0 Å². The lowest BCUT2D eigenvalue weighted by atomic mass is 10.1. The van der Waals surface area contributed by atoms with Crippen LogP contribution in [-0.2, 0) is 6.18 Å². The number of hydrogen-bond acceptors (Lipinski definition) is 3. The van der Waals surface area contributed by atoms with E-state index < -0.39 is 17.7 Å². The average Bonchev–Trinajstić information content (AvgIpc) is 2.81. The first kappa shape index (κ1) is 15.7. The number of allylic oxidation sites excluding steroid dienone is 1. The number of halogens is 3. The van der Waals surface area contributed by atoms with Gasteiger partial charge in [0, 0.05) is 0 Å². The van der Waals surface area contributed by atoms with Crippen molar-refractivity contribution in [3.63, 3.8) is 0 Å². The third-order valence-electron chi connectivity index (χ3n) is 2.75. The molecule has 22 heavy (non-hydrogen) atoms. The van der Waals surface area contributed by atoms with Gasteiger partial charge in [0.05, 0.1) is 11.3 Å². The molecule has 0 saturated carbocycles. The minimum atomic E-state index is -4.50. The number of benzene rings is 1. The molecule has 116 valence electrons. The van der Waals surface area contributed by atoms with Gasteiger partial charge < -0.3 is 5.11 Å². The quantitative estimate of drug-likeness (QED) is 0.943. The van der Waals surface area contributed by atoms with Gasteiger partial charge >= 0.3 is 12.1 Å². The van der Waals surface area contributed by atoms with Crippen molar-refractivity contribution >= 4 is 12.0 Å². The van der Waals surface area contributed by atoms with Gasteiger partial charge in [-0.05, 0) is 38.1 Å². The fourth-order valence-electron chi connectivity index (χ4n) is 1.85. The first-order chi connectivity index (χ1) is 10.2. The van der Waals surface area contributed by atoms with Crippen molar-refractivity contribution in [3.05, 3.63) is 46.8 Å². The van der Waals surface area contributed by atoms with Gasteiger partial charge in [-0.1, -0.05) is 16.9 Å². The predicted molar refractivity (Wildman–Crippen MR) is 72.6 cm³/mol. The zero-order chi connectivity index (χ0) is 16.5. The van der Waals surface area contributed by atoms with Crippen LogP contribution < -0.4 is 0 Å². The molecule has 0 aliphatic heterocycles. The fourth-order valence-corrected chi connectivity index (χ4v) is 1.85. The van der Waals surface area contributed by atoms with Gasteiger partial charge in [0.2, 0.25) is 0 Å². The standard InChI is InChI=1S/C14H12F3N3O2/c1-8(2)6-11-12(13(21)22)18-19-20(11)10-5-3-4-9(7-10)14(15,16)17/h3-7H,1-2H3,(H,21,22). The van der Waals surface area contributed by atoms with Crippen molar-refractivity contribution in [1.29, 1.82) is 0 Å². The molecule has 2 aromatic rings. The van der Waals surface area contributed by atoms with Crippen molar-refractivity contribution in [1.82, 2.24) is 15.0 Å². The third-order valence-corrected chi connectivity index (χ3v) is 2.75. The second-order valence-corrected chi connectivity index (χ2v) is 4.81. The molecule has 0 fully saturated rings. The second-order valence-electron chi connectivity index (χ2n) is 4.81. The van der Waals surface area contributed by atoms with E-state index in [9.17, 15) is 18.0 Å². The zero-order valence-electron chi connectivity index (χ0n) is 11.7. The summed E-state index contributed by atoms with van der Waals surface area (Å²) < 4.78 is 39.4. The van der Waals surface area contributed by atoms with Crippen molar-refractivity contribution in [2.45, 2.75) is 20.0 Å². The average molecular weight is 311 g/mol. The fraction of sp³-hybridized carbons (Fsp3) is 0.214. The summed E-state index contributed by atoms with van der Waals surface area (Å²) in [6.45, 7) is 3.46. The summed E-state index contributed by atoms with van der Waals surface area (Å²) in [5.41, 5.74) is -0.202. The van der Waals surface area contributed by atoms with E-state index in [-0.39, 0.29) is 17.1 Å². The summed E-state index contributed by atoms with van der Waals surface area (Å²) in [6, 6.07) is 4.45. The topological polar surface area (TPSA) is 68.0 Å². The van der Waals surface area contributed by atoms with Crippen molar-refractivity contribution in [2.75, 3.05) is 0 Å². The highest BCUT2D eigenvalue weighted by Gasteiger charge is 2.31. The first-order valence-electron chi connectivity index (χ1n) is 6.21. The molecule has 0 spiro atoms. The van der Waals surface area contributed by atoms with Gasteiger partial charge in [-0.3, -0.25) is 0 Å². The third kappa shape index (κ3) is 3.16. The lowest BCUT2D eigenvalue weighted by molar-refractivity contribution is -0.137. The minimum absolute atomic E-state index is 0.0855. The molecule has 1 N–H and O–H groups in total. The molecule has 1 heterocycles. The van der Waals surface area contributed by atoms with Gasteiger partial charge in [0.1, 0.15) is 5.69 Å². The van der Waals surface area contributed by atoms with Crippen LogP contribution in [0.4, 0.5) is 13.2 Å². The van der Waals surface area contributed by atoms with Crippen LogP contribution >= 0.6 is 0 Å². The molecule has 0 unspecified atom stereocenters. The summed E-state index contributed by atoms with van der Waals surface area (Å²) in [5.74, 6) is -1.30. The van der Waals surface area contributed by atoms with Gasteiger partial charge in [0.25, 0.3) is 0 Å². The number of alkyl halides is 3. The molecule has 0 aliphatic rings. The largest absolute Gasteiger partial charge is 0.476 e. The zero-order valence-corrected chi connectivity index (χ0v) is 11.7. The predicted octanol–water partition coefficient (Wildman–Crippen LogP) is 3.41. The number of aromatic carboxylic acids is 1. The highest BCUT2D eigenvalue weighted by Crippen LogP contribution is 2.30. The Morgan fingerprint density at radius 2 is 2.00 bits per heavy atom. The van der Waals surface area contributed by atoms with Crippen LogP contribution in [0.2, 0.25) is 0 Å². The summed E-state index contributed by atoms with van der Waals surface area (Å²) in [4.78, 5) is 11.1. The van der Waals surface area contributed by atoms with Crippen LogP contribution in [0.25, 0.3) is 11.8 Å². The normalized spacial score (nSPS) is 11.3. The number of hydrogen-bond donors (Lipinski definition) is 1. The van der Waals surface area contributed by atoms with E-state index in [0.29, 0.717) is 0 Å². The van der Waals surface area contributed by atoms with Crippen molar-refractivity contribution < 1.29 is 23.1 Å². The van der Waals surface area contributed by atoms with Gasteiger partial charge in [0.15, 0.2) is 5.69 Å². The minimum Gasteiger partial charge on any atom is -0.476 e. The van der Waals surface area contributed by atoms with Crippen LogP contribution in [0.5, 0.6) is 0 Å². The number of rotatable bonds is 3. The van der Waals surface area contributed by atoms with E-state index in [1.807, 2.05) is 0 Å². The molecule has 0 aliphatic carbocycles. The molecule has 0 amide bonds. The second kappa shape index (κ2) is 5.63. The van der Waals surface area contributed by atoms with Crippen LogP contribution in [0.3, 0.4) is 0 Å². The Morgan fingerprint density at radius 3 is 2.55 bits per heavy atom. The first-order valence-corrected chi connectivity index (χ1v) is 6.21. The Bertz CT molecular complexity index is 744. The van der Waals surface area contributed by atoms with Crippen molar-refractivity contribution in [3.8, 4) is 5.69 Å². The molecule has 2 rings (SSSR count). The monoisotopic (exact) mass is 311 g/mol. The molecule has 0 bridgehead atoms. The van der Waals surface area contributed by atoms with E-state index in [4.69, 9.17) is 5.11 Å². The van der Waals surface area contributed by atoms with E-state index in [1.54, 1.807) is 13.8 Å². The number of nitrogens with zero attached hydrogens (tertiary/aromatic N) is 3. The van der Waals surface area contributed by atoms with Gasteiger partial charge in [-0.2, -0.15) is 13.2 Å². The summed E-state index contributed by atoms with van der Waals surface area (Å²) in [5, 5.41) is 16.3. The molecule has 5 nitrogen and oxygen atoms in total. The Balaban J connectivity index is 2.63. The Hall–Kier alpha value is -2.64. The van der Waals surface area contributed by atoms with E-state index >= 15 is 0 Å². The maximum Gasteiger partial charge on any atom is 0.416 e. The molecule has 1 aromatic carbocycles. The molecule has 0 saturated heterocycles. The summed E-state index contributed by atoms with van der Waals surface area (Å²) >= 11 is 0. The molecular weight excluding hydrogens is 299 g/mol. The SMILES string of the molecule is CC(C)=Cc1c(C(=O)O)nnn1-c1cccc(C(F)(F)F)c1. The maximum absolute atomic E-state index is 12.8.